The zero-order valence-electron chi connectivity index (χ0n) is 31.3. The number of imidazole rings is 1. The maximum Gasteiger partial charge on any atom is 0.418 e. The Balaban J connectivity index is 0.987. The minimum absolute atomic E-state index is 0.0275. The second-order valence-corrected chi connectivity index (χ2v) is 14.8. The fourth-order valence-corrected chi connectivity index (χ4v) is 7.77. The van der Waals surface area contributed by atoms with Crippen LogP contribution in [0.4, 0.5) is 13.2 Å². The fourth-order valence-electron chi connectivity index (χ4n) is 7.77. The van der Waals surface area contributed by atoms with E-state index in [4.69, 9.17) is 19.9 Å². The van der Waals surface area contributed by atoms with Gasteiger partial charge in [-0.25, -0.2) is 4.79 Å². The van der Waals surface area contributed by atoms with Crippen LogP contribution in [0, 0.1) is 5.92 Å². The van der Waals surface area contributed by atoms with E-state index in [1.54, 1.807) is 18.6 Å². The summed E-state index contributed by atoms with van der Waals surface area (Å²) < 4.78 is 65.6. The molecule has 11 nitrogen and oxygen atoms in total. The lowest BCUT2D eigenvalue weighted by molar-refractivity contribution is -0.136. The minimum Gasteiger partial charge on any atom is -0.376 e. The number of ether oxygens (including phenoxy) is 3. The number of halogens is 3. The van der Waals surface area contributed by atoms with Crippen molar-refractivity contribution in [2.24, 2.45) is 18.7 Å². The third-order valence-electron chi connectivity index (χ3n) is 10.9. The van der Waals surface area contributed by atoms with Gasteiger partial charge in [-0.1, -0.05) is 42.8 Å². The van der Waals surface area contributed by atoms with Crippen LogP contribution in [0.3, 0.4) is 0 Å². The molecule has 1 saturated carbocycles. The quantitative estimate of drug-likeness (QED) is 0.118. The Morgan fingerprint density at radius 1 is 0.891 bits per heavy atom. The molecule has 1 aliphatic carbocycles. The molecule has 0 radical (unpaired) electrons. The SMILES string of the molecule is Cn1cnnc1[C@@H](c1cccc(-n2cc3c(C(F)(F)F)cc(CN4CCC[C@H](OCCOCc5ccc(COCCN)cc5)CC4)cn3c2=O)c1)C1CCC1. The maximum absolute atomic E-state index is 14.6. The number of alkyl halides is 3. The molecule has 0 unspecified atom stereocenters. The molecule has 0 amide bonds. The molecular formula is C41H50F3N7O4. The Kier molecular flexibility index (Phi) is 12.5. The van der Waals surface area contributed by atoms with Crippen LogP contribution < -0.4 is 11.4 Å². The number of likely N-dealkylation sites (tertiary alicyclic amines) is 1. The monoisotopic (exact) mass is 761 g/mol. The lowest BCUT2D eigenvalue weighted by atomic mass is 9.72. The first-order valence-electron chi connectivity index (χ1n) is 19.2. The van der Waals surface area contributed by atoms with Gasteiger partial charge in [0.05, 0.1) is 55.9 Å². The van der Waals surface area contributed by atoms with E-state index in [-0.39, 0.29) is 17.5 Å². The number of hydrogen-bond acceptors (Lipinski definition) is 8. The molecule has 294 valence electrons. The van der Waals surface area contributed by atoms with Crippen molar-refractivity contribution < 1.29 is 27.4 Å². The van der Waals surface area contributed by atoms with E-state index in [2.05, 4.69) is 15.1 Å². The van der Waals surface area contributed by atoms with Gasteiger partial charge in [0.1, 0.15) is 12.2 Å². The Labute approximate surface area is 318 Å². The molecule has 1 aliphatic heterocycles. The summed E-state index contributed by atoms with van der Waals surface area (Å²) in [7, 11) is 1.91. The van der Waals surface area contributed by atoms with Gasteiger partial charge in [-0.2, -0.15) is 13.2 Å². The Morgan fingerprint density at radius 2 is 1.65 bits per heavy atom. The van der Waals surface area contributed by atoms with Crippen molar-refractivity contribution in [1.29, 1.82) is 0 Å². The summed E-state index contributed by atoms with van der Waals surface area (Å²) in [5, 5.41) is 8.48. The first kappa shape index (κ1) is 38.9. The van der Waals surface area contributed by atoms with Crippen molar-refractivity contribution in [3.8, 4) is 5.69 Å². The van der Waals surface area contributed by atoms with Crippen LogP contribution in [0.1, 0.15) is 78.1 Å². The largest absolute Gasteiger partial charge is 0.418 e. The minimum atomic E-state index is -4.65. The van der Waals surface area contributed by atoms with Gasteiger partial charge in [-0.3, -0.25) is 13.9 Å². The average molecular weight is 762 g/mol. The van der Waals surface area contributed by atoms with E-state index in [0.29, 0.717) is 69.8 Å². The van der Waals surface area contributed by atoms with Gasteiger partial charge < -0.3 is 24.5 Å². The van der Waals surface area contributed by atoms with Gasteiger partial charge >= 0.3 is 11.9 Å². The van der Waals surface area contributed by atoms with Crippen molar-refractivity contribution in [2.75, 3.05) is 39.5 Å². The second kappa shape index (κ2) is 17.6. The van der Waals surface area contributed by atoms with Gasteiger partial charge in [-0.05, 0) is 85.0 Å². The summed E-state index contributed by atoms with van der Waals surface area (Å²) in [5.41, 5.74) is 7.98. The highest BCUT2D eigenvalue weighted by molar-refractivity contribution is 5.58. The van der Waals surface area contributed by atoms with Crippen LogP contribution >= 0.6 is 0 Å². The number of fused-ring (bicyclic) bond motifs is 1. The van der Waals surface area contributed by atoms with Crippen LogP contribution in [0.2, 0.25) is 0 Å². The van der Waals surface area contributed by atoms with Gasteiger partial charge in [-0.15, -0.1) is 10.2 Å². The fraction of sp³-hybridized carbons (Fsp3) is 0.488. The molecule has 14 heteroatoms. The summed E-state index contributed by atoms with van der Waals surface area (Å²) >= 11 is 0. The smallest absolute Gasteiger partial charge is 0.376 e. The zero-order chi connectivity index (χ0) is 38.4. The van der Waals surface area contributed by atoms with Gasteiger partial charge in [0.2, 0.25) is 0 Å². The van der Waals surface area contributed by atoms with Crippen molar-refractivity contribution >= 4 is 5.52 Å². The van der Waals surface area contributed by atoms with Crippen LogP contribution in [-0.2, 0) is 47.2 Å². The summed E-state index contributed by atoms with van der Waals surface area (Å²) in [4.78, 5) is 16.0. The molecule has 2 aliphatic rings. The predicted octanol–water partition coefficient (Wildman–Crippen LogP) is 6.23. The van der Waals surface area contributed by atoms with Crippen LogP contribution in [0.15, 0.2) is 78.1 Å². The molecule has 5 aromatic rings. The predicted molar refractivity (Wildman–Crippen MR) is 202 cm³/mol. The van der Waals surface area contributed by atoms with Crippen LogP contribution in [0.5, 0.6) is 0 Å². The molecule has 3 aromatic heterocycles. The molecule has 55 heavy (non-hydrogen) atoms. The molecule has 2 aromatic carbocycles. The Bertz CT molecular complexity index is 2070. The summed E-state index contributed by atoms with van der Waals surface area (Å²) in [5.74, 6) is 1.19. The summed E-state index contributed by atoms with van der Waals surface area (Å²) in [6.07, 6.45) is 5.65. The van der Waals surface area contributed by atoms with E-state index in [0.717, 1.165) is 72.0 Å². The number of benzene rings is 2. The number of aryl methyl sites for hydroxylation is 1. The normalized spacial score (nSPS) is 17.7. The highest BCUT2D eigenvalue weighted by atomic mass is 19.4. The Morgan fingerprint density at radius 3 is 2.33 bits per heavy atom. The third-order valence-corrected chi connectivity index (χ3v) is 10.9. The van der Waals surface area contributed by atoms with Crippen molar-refractivity contribution in [2.45, 2.75) is 76.5 Å². The Hall–Kier alpha value is -4.34. The number of aromatic nitrogens is 5. The van der Waals surface area contributed by atoms with Crippen molar-refractivity contribution in [1.82, 2.24) is 28.6 Å². The highest BCUT2D eigenvalue weighted by Gasteiger charge is 2.36. The number of rotatable bonds is 16. The number of nitrogens with zero attached hydrogens (tertiary/aromatic N) is 6. The number of nitrogens with two attached hydrogens (primary N) is 1. The maximum atomic E-state index is 14.6. The zero-order valence-corrected chi connectivity index (χ0v) is 31.3. The second-order valence-electron chi connectivity index (χ2n) is 14.8. The first-order chi connectivity index (χ1) is 26.7. The molecule has 1 saturated heterocycles. The molecular weight excluding hydrogens is 711 g/mol. The first-order valence-corrected chi connectivity index (χ1v) is 19.2. The molecule has 7 rings (SSSR count). The molecule has 2 N–H and O–H groups in total. The molecule has 4 heterocycles. The van der Waals surface area contributed by atoms with Crippen molar-refractivity contribution in [3.63, 3.8) is 0 Å². The standard InChI is InChI=1S/C41H50F3N7O4/c1-48-28-46-47-39(48)38(32-5-2-6-32)33-7-3-8-34(22-33)50-25-37-36(41(42,43)44)21-31(24-51(37)40(50)52)23-49-16-4-9-35(14-17-49)55-20-19-54-27-30-12-10-29(11-13-30)26-53-18-15-45/h3,7-8,10-13,21-22,24-25,28,32,35,38H,2,4-6,9,14-20,23,26-27,45H2,1H3/t35-,38+/m0/s1. The van der Waals surface area contributed by atoms with E-state index in [9.17, 15) is 18.0 Å². The van der Waals surface area contributed by atoms with Gasteiger partial charge in [0.15, 0.2) is 0 Å². The van der Waals surface area contributed by atoms with E-state index in [1.165, 1.54) is 16.8 Å². The third kappa shape index (κ3) is 9.38. The molecule has 2 atom stereocenters. The molecule has 2 fully saturated rings. The topological polar surface area (TPSA) is 114 Å². The lowest BCUT2D eigenvalue weighted by Crippen LogP contribution is -2.26. The summed E-state index contributed by atoms with van der Waals surface area (Å²) in [6.45, 7) is 4.66. The number of hydrogen-bond donors (Lipinski definition) is 1. The summed E-state index contributed by atoms with van der Waals surface area (Å²) in [6, 6.07) is 16.8. The average Bonchev–Trinajstić information content (AvgIpc) is 3.64. The van der Waals surface area contributed by atoms with E-state index >= 15 is 0 Å². The van der Waals surface area contributed by atoms with Gasteiger partial charge in [0.25, 0.3) is 0 Å². The van der Waals surface area contributed by atoms with E-state index in [1.807, 2.05) is 54.1 Å². The number of pyridine rings is 1. The van der Waals surface area contributed by atoms with Gasteiger partial charge in [0, 0.05) is 45.0 Å². The molecule has 0 bridgehead atoms. The highest BCUT2D eigenvalue weighted by Crippen LogP contribution is 2.43. The van der Waals surface area contributed by atoms with Crippen LogP contribution in [0.25, 0.3) is 11.2 Å². The van der Waals surface area contributed by atoms with E-state index < -0.39 is 17.4 Å². The van der Waals surface area contributed by atoms with Crippen molar-refractivity contribution in [3.05, 3.63) is 117 Å². The lowest BCUT2D eigenvalue weighted by Gasteiger charge is -2.33. The molecule has 0 spiro atoms. The van der Waals surface area contributed by atoms with Crippen LogP contribution in [-0.4, -0.2) is 74.2 Å².